The van der Waals surface area contributed by atoms with Gasteiger partial charge in [-0.3, -0.25) is 10.1 Å². The van der Waals surface area contributed by atoms with E-state index in [1.54, 1.807) is 0 Å². The predicted molar refractivity (Wildman–Crippen MR) is 75.5 cm³/mol. The molecule has 104 valence electrons. The van der Waals surface area contributed by atoms with Crippen LogP contribution in [0.15, 0.2) is 28.9 Å². The van der Waals surface area contributed by atoms with Crippen LogP contribution in [0.2, 0.25) is 0 Å². The van der Waals surface area contributed by atoms with Crippen LogP contribution in [-0.2, 0) is 4.74 Å². The highest BCUT2D eigenvalue weighted by Gasteiger charge is 2.14. The Bertz CT molecular complexity index is 654. The molecule has 2 aromatic rings. The van der Waals surface area contributed by atoms with E-state index in [-0.39, 0.29) is 15.6 Å². The fraction of sp³-hybridized carbons (Fsp3) is 0.0833. The van der Waals surface area contributed by atoms with Crippen molar-refractivity contribution < 1.29 is 18.7 Å². The maximum absolute atomic E-state index is 13.2. The highest BCUT2D eigenvalue weighted by atomic mass is 79.9. The van der Waals surface area contributed by atoms with Gasteiger partial charge in [0, 0.05) is 10.0 Å². The molecule has 0 unspecified atom stereocenters. The molecule has 1 aromatic heterocycles. The predicted octanol–water partition coefficient (Wildman–Crippen LogP) is 3.08. The highest BCUT2D eigenvalue weighted by Crippen LogP contribution is 2.21. The van der Waals surface area contributed by atoms with Crippen molar-refractivity contribution >= 4 is 44.3 Å². The van der Waals surface area contributed by atoms with E-state index in [2.05, 4.69) is 31.0 Å². The summed E-state index contributed by atoms with van der Waals surface area (Å²) in [5, 5.41) is 2.72. The minimum absolute atomic E-state index is 0.145. The van der Waals surface area contributed by atoms with Gasteiger partial charge in [0.1, 0.15) is 10.7 Å². The van der Waals surface area contributed by atoms with E-state index in [0.717, 1.165) is 17.4 Å². The molecule has 0 atom stereocenters. The van der Waals surface area contributed by atoms with E-state index < -0.39 is 17.7 Å². The molecule has 2 rings (SSSR count). The number of anilines is 1. The number of rotatable bonds is 3. The third-order valence-corrected chi connectivity index (χ3v) is 3.59. The molecular weight excluding hydrogens is 351 g/mol. The molecule has 1 heterocycles. The smallest absolute Gasteiger partial charge is 0.349 e. The van der Waals surface area contributed by atoms with Crippen molar-refractivity contribution in [3.63, 3.8) is 0 Å². The van der Waals surface area contributed by atoms with Gasteiger partial charge in [0.15, 0.2) is 5.13 Å². The zero-order valence-corrected chi connectivity index (χ0v) is 12.5. The monoisotopic (exact) mass is 358 g/mol. The van der Waals surface area contributed by atoms with Crippen LogP contribution in [0.3, 0.4) is 0 Å². The van der Waals surface area contributed by atoms with Crippen LogP contribution in [0.5, 0.6) is 0 Å². The number of aromatic nitrogens is 1. The van der Waals surface area contributed by atoms with Gasteiger partial charge in [0.25, 0.3) is 5.91 Å². The number of methoxy groups -OCH3 is 1. The van der Waals surface area contributed by atoms with Gasteiger partial charge in [0.05, 0.1) is 13.3 Å². The molecule has 1 aromatic carbocycles. The molecule has 5 nitrogen and oxygen atoms in total. The number of ether oxygens (including phenoxy) is 1. The van der Waals surface area contributed by atoms with Crippen LogP contribution < -0.4 is 5.32 Å². The SMILES string of the molecule is COC(=O)c1cnc(NC(=O)c2cc(F)cc(Br)c2)s1. The van der Waals surface area contributed by atoms with Crippen LogP contribution in [0.4, 0.5) is 9.52 Å². The Hall–Kier alpha value is -1.80. The molecule has 0 aliphatic heterocycles. The van der Waals surface area contributed by atoms with Crippen molar-refractivity contribution in [1.29, 1.82) is 0 Å². The summed E-state index contributed by atoms with van der Waals surface area (Å²) in [6.07, 6.45) is 1.30. The van der Waals surface area contributed by atoms with E-state index in [9.17, 15) is 14.0 Å². The molecule has 0 saturated carbocycles. The van der Waals surface area contributed by atoms with Crippen LogP contribution >= 0.6 is 27.3 Å². The summed E-state index contributed by atoms with van der Waals surface area (Å²) in [6, 6.07) is 3.83. The van der Waals surface area contributed by atoms with E-state index in [0.29, 0.717) is 4.47 Å². The molecule has 0 aliphatic rings. The zero-order chi connectivity index (χ0) is 14.7. The number of amides is 1. The van der Waals surface area contributed by atoms with Gasteiger partial charge in [-0.1, -0.05) is 27.3 Å². The second-order valence-corrected chi connectivity index (χ2v) is 5.58. The number of hydrogen-bond acceptors (Lipinski definition) is 5. The number of carbonyl (C=O) groups is 2. The Morgan fingerprint density at radius 3 is 2.80 bits per heavy atom. The second-order valence-electron chi connectivity index (χ2n) is 3.63. The van der Waals surface area contributed by atoms with Crippen molar-refractivity contribution in [3.05, 3.63) is 45.1 Å². The minimum Gasteiger partial charge on any atom is -0.465 e. The molecule has 0 radical (unpaired) electrons. The third-order valence-electron chi connectivity index (χ3n) is 2.24. The second kappa shape index (κ2) is 6.10. The Kier molecular flexibility index (Phi) is 4.46. The number of benzene rings is 1. The summed E-state index contributed by atoms with van der Waals surface area (Å²) in [7, 11) is 1.25. The Morgan fingerprint density at radius 1 is 1.40 bits per heavy atom. The summed E-state index contributed by atoms with van der Waals surface area (Å²) in [6.45, 7) is 0. The maximum Gasteiger partial charge on any atom is 0.349 e. The number of nitrogens with one attached hydrogen (secondary N) is 1. The summed E-state index contributed by atoms with van der Waals surface area (Å²) >= 11 is 4.08. The van der Waals surface area contributed by atoms with Gasteiger partial charge in [-0.25, -0.2) is 14.2 Å². The average molecular weight is 359 g/mol. The lowest BCUT2D eigenvalue weighted by Crippen LogP contribution is -2.11. The Labute approximate surface area is 125 Å². The van der Waals surface area contributed by atoms with Crippen molar-refractivity contribution in [2.24, 2.45) is 0 Å². The summed E-state index contributed by atoms with van der Waals surface area (Å²) in [5.74, 6) is -1.58. The number of esters is 1. The molecule has 0 aliphatic carbocycles. The van der Waals surface area contributed by atoms with Crippen molar-refractivity contribution in [3.8, 4) is 0 Å². The van der Waals surface area contributed by atoms with Crippen LogP contribution in [-0.4, -0.2) is 24.0 Å². The van der Waals surface area contributed by atoms with Crippen LogP contribution in [0.25, 0.3) is 0 Å². The van der Waals surface area contributed by atoms with Gasteiger partial charge >= 0.3 is 5.97 Å². The van der Waals surface area contributed by atoms with E-state index in [1.165, 1.54) is 25.4 Å². The fourth-order valence-corrected chi connectivity index (χ4v) is 2.58. The van der Waals surface area contributed by atoms with Gasteiger partial charge < -0.3 is 4.74 Å². The molecule has 0 bridgehead atoms. The first-order valence-electron chi connectivity index (χ1n) is 5.31. The van der Waals surface area contributed by atoms with Gasteiger partial charge in [-0.2, -0.15) is 0 Å². The molecule has 20 heavy (non-hydrogen) atoms. The van der Waals surface area contributed by atoms with Gasteiger partial charge in [-0.15, -0.1) is 0 Å². The van der Waals surface area contributed by atoms with Crippen molar-refractivity contribution in [2.75, 3.05) is 12.4 Å². The van der Waals surface area contributed by atoms with E-state index >= 15 is 0 Å². The average Bonchev–Trinajstić information content (AvgIpc) is 2.85. The summed E-state index contributed by atoms with van der Waals surface area (Å²) in [5.41, 5.74) is 0.145. The first-order valence-corrected chi connectivity index (χ1v) is 6.92. The number of nitrogens with zero attached hydrogens (tertiary/aromatic N) is 1. The lowest BCUT2D eigenvalue weighted by Gasteiger charge is -2.02. The van der Waals surface area contributed by atoms with E-state index in [4.69, 9.17) is 0 Å². The summed E-state index contributed by atoms with van der Waals surface area (Å²) in [4.78, 5) is 27.3. The van der Waals surface area contributed by atoms with Gasteiger partial charge in [0.2, 0.25) is 0 Å². The fourth-order valence-electron chi connectivity index (χ4n) is 1.38. The van der Waals surface area contributed by atoms with E-state index in [1.807, 2.05) is 0 Å². The lowest BCUT2D eigenvalue weighted by molar-refractivity contribution is 0.0606. The number of halogens is 2. The molecule has 0 fully saturated rings. The number of hydrogen-bond donors (Lipinski definition) is 1. The largest absolute Gasteiger partial charge is 0.465 e. The molecule has 1 amide bonds. The molecule has 1 N–H and O–H groups in total. The first-order chi connectivity index (χ1) is 9.49. The maximum atomic E-state index is 13.2. The normalized spacial score (nSPS) is 10.2. The minimum atomic E-state index is -0.531. The lowest BCUT2D eigenvalue weighted by atomic mass is 10.2. The molecule has 0 saturated heterocycles. The van der Waals surface area contributed by atoms with Crippen molar-refractivity contribution in [1.82, 2.24) is 4.98 Å². The van der Waals surface area contributed by atoms with Crippen molar-refractivity contribution in [2.45, 2.75) is 0 Å². The molecule has 8 heteroatoms. The topological polar surface area (TPSA) is 68.3 Å². The Morgan fingerprint density at radius 2 is 2.15 bits per heavy atom. The Balaban J connectivity index is 2.15. The standard InChI is InChI=1S/C12H8BrFN2O3S/c1-19-11(18)9-5-15-12(20-9)16-10(17)6-2-7(13)4-8(14)3-6/h2-5H,1H3,(H,15,16,17). The highest BCUT2D eigenvalue weighted by molar-refractivity contribution is 9.10. The number of carbonyl (C=O) groups excluding carboxylic acids is 2. The van der Waals surface area contributed by atoms with Gasteiger partial charge in [-0.05, 0) is 18.2 Å². The van der Waals surface area contributed by atoms with Crippen LogP contribution in [0.1, 0.15) is 20.0 Å². The first kappa shape index (κ1) is 14.6. The molecule has 0 spiro atoms. The zero-order valence-electron chi connectivity index (χ0n) is 10.1. The molecular formula is C12H8BrFN2O3S. The number of thiazole rings is 1. The quantitative estimate of drug-likeness (QED) is 0.856. The third kappa shape index (κ3) is 3.40. The summed E-state index contributed by atoms with van der Waals surface area (Å²) < 4.78 is 18.2. The van der Waals surface area contributed by atoms with Crippen LogP contribution in [0, 0.1) is 5.82 Å².